The van der Waals surface area contributed by atoms with Crippen molar-refractivity contribution in [2.45, 2.75) is 12.8 Å². The Balaban J connectivity index is 1.47. The lowest BCUT2D eigenvalue weighted by Crippen LogP contribution is -2.37. The van der Waals surface area contributed by atoms with Gasteiger partial charge in [0.1, 0.15) is 0 Å². The molecule has 1 aliphatic rings. The van der Waals surface area contributed by atoms with Gasteiger partial charge in [0.15, 0.2) is 0 Å². The fourth-order valence-corrected chi connectivity index (χ4v) is 3.64. The van der Waals surface area contributed by atoms with E-state index in [9.17, 15) is 9.59 Å². The number of aryl methyl sites for hydroxylation is 1. The second-order valence-corrected chi connectivity index (χ2v) is 6.57. The zero-order chi connectivity index (χ0) is 17.9. The van der Waals surface area contributed by atoms with Gasteiger partial charge in [0, 0.05) is 42.3 Å². The van der Waals surface area contributed by atoms with E-state index in [1.54, 1.807) is 6.07 Å². The number of rotatable bonds is 4. The summed E-state index contributed by atoms with van der Waals surface area (Å²) < 4.78 is 0. The van der Waals surface area contributed by atoms with E-state index in [-0.39, 0.29) is 11.5 Å². The van der Waals surface area contributed by atoms with E-state index in [1.807, 2.05) is 18.2 Å². The molecule has 1 amide bonds. The highest BCUT2D eigenvalue weighted by atomic mass is 16.2. The van der Waals surface area contributed by atoms with Crippen molar-refractivity contribution < 1.29 is 4.79 Å². The minimum Gasteiger partial charge on any atom is -0.370 e. The zero-order valence-electron chi connectivity index (χ0n) is 14.5. The van der Waals surface area contributed by atoms with E-state index in [0.29, 0.717) is 17.6 Å². The Labute approximate surface area is 151 Å². The average molecular weight is 347 g/mol. The molecule has 1 aromatic heterocycles. The fourth-order valence-electron chi connectivity index (χ4n) is 3.64. The van der Waals surface area contributed by atoms with Crippen LogP contribution in [0.2, 0.25) is 0 Å². The van der Waals surface area contributed by atoms with Crippen molar-refractivity contribution in [2.75, 3.05) is 24.5 Å². The summed E-state index contributed by atoms with van der Waals surface area (Å²) in [5.74, 6) is -0.211. The maximum absolute atomic E-state index is 12.6. The minimum atomic E-state index is -0.265. The quantitative estimate of drug-likeness (QED) is 0.763. The average Bonchev–Trinajstić information content (AvgIpc) is 2.67. The summed E-state index contributed by atoms with van der Waals surface area (Å²) in [6, 6.07) is 17.2. The van der Waals surface area contributed by atoms with Gasteiger partial charge in [0.05, 0.1) is 5.56 Å². The van der Waals surface area contributed by atoms with Gasteiger partial charge < -0.3 is 15.2 Å². The molecule has 132 valence electrons. The zero-order valence-corrected chi connectivity index (χ0v) is 14.5. The topological polar surface area (TPSA) is 65.2 Å². The van der Waals surface area contributed by atoms with Crippen LogP contribution in [0.1, 0.15) is 22.3 Å². The largest absolute Gasteiger partial charge is 0.370 e. The SMILES string of the molecule is O=C(NCCN1CCCc2ccccc21)c1cc(=O)[nH]c2ccccc12. The van der Waals surface area contributed by atoms with Crippen LogP contribution in [0.4, 0.5) is 5.69 Å². The fraction of sp³-hybridized carbons (Fsp3) is 0.238. The maximum atomic E-state index is 12.6. The van der Waals surface area contributed by atoms with Crippen LogP contribution in [-0.4, -0.2) is 30.5 Å². The molecular formula is C21H21N3O2. The summed E-state index contributed by atoms with van der Waals surface area (Å²) in [5.41, 5.74) is 3.46. The molecule has 3 aromatic rings. The van der Waals surface area contributed by atoms with Crippen molar-refractivity contribution in [3.8, 4) is 0 Å². The van der Waals surface area contributed by atoms with Gasteiger partial charge in [-0.25, -0.2) is 0 Å². The van der Waals surface area contributed by atoms with Gasteiger partial charge >= 0.3 is 0 Å². The van der Waals surface area contributed by atoms with Crippen LogP contribution in [0.5, 0.6) is 0 Å². The first kappa shape index (κ1) is 16.4. The number of fused-ring (bicyclic) bond motifs is 2. The standard InChI is InChI=1S/C21H21N3O2/c25-20-14-17(16-8-2-3-9-18(16)23-20)21(26)22-11-13-24-12-5-7-15-6-1-4-10-19(15)24/h1-4,6,8-10,14H,5,7,11-13H2,(H,22,26)(H,23,25). The van der Waals surface area contributed by atoms with E-state index in [1.165, 1.54) is 17.3 Å². The number of aromatic amines is 1. The van der Waals surface area contributed by atoms with E-state index in [2.05, 4.69) is 39.5 Å². The van der Waals surface area contributed by atoms with Crippen molar-refractivity contribution in [1.29, 1.82) is 0 Å². The molecule has 0 unspecified atom stereocenters. The number of hydrogen-bond donors (Lipinski definition) is 2. The Morgan fingerprint density at radius 3 is 2.85 bits per heavy atom. The molecule has 2 N–H and O–H groups in total. The maximum Gasteiger partial charge on any atom is 0.252 e. The Hall–Kier alpha value is -3.08. The van der Waals surface area contributed by atoms with Gasteiger partial charge in [-0.1, -0.05) is 36.4 Å². The molecule has 2 heterocycles. The number of pyridine rings is 1. The summed E-state index contributed by atoms with van der Waals surface area (Å²) >= 11 is 0. The van der Waals surface area contributed by atoms with Crippen LogP contribution in [-0.2, 0) is 6.42 Å². The molecule has 5 nitrogen and oxygen atoms in total. The smallest absolute Gasteiger partial charge is 0.252 e. The van der Waals surface area contributed by atoms with Gasteiger partial charge in [0.2, 0.25) is 5.56 Å². The number of hydrogen-bond acceptors (Lipinski definition) is 3. The van der Waals surface area contributed by atoms with E-state index in [0.717, 1.165) is 31.3 Å². The van der Waals surface area contributed by atoms with Gasteiger partial charge in [-0.05, 0) is 30.5 Å². The van der Waals surface area contributed by atoms with Crippen LogP contribution in [0.3, 0.4) is 0 Å². The Bertz CT molecular complexity index is 1010. The van der Waals surface area contributed by atoms with Crippen LogP contribution in [0.25, 0.3) is 10.9 Å². The first-order valence-electron chi connectivity index (χ1n) is 8.95. The predicted molar refractivity (Wildman–Crippen MR) is 104 cm³/mol. The lowest BCUT2D eigenvalue weighted by atomic mass is 10.0. The molecule has 0 saturated carbocycles. The van der Waals surface area contributed by atoms with Gasteiger partial charge in [-0.15, -0.1) is 0 Å². The number of nitrogens with one attached hydrogen (secondary N) is 2. The van der Waals surface area contributed by atoms with Gasteiger partial charge in [-0.3, -0.25) is 9.59 Å². The molecule has 1 aliphatic heterocycles. The Kier molecular flexibility index (Phi) is 4.44. The van der Waals surface area contributed by atoms with Crippen molar-refractivity contribution in [3.05, 3.63) is 76.1 Å². The van der Waals surface area contributed by atoms with Crippen LogP contribution < -0.4 is 15.8 Å². The summed E-state index contributed by atoms with van der Waals surface area (Å²) in [7, 11) is 0. The lowest BCUT2D eigenvalue weighted by Gasteiger charge is -2.31. The van der Waals surface area contributed by atoms with Crippen molar-refractivity contribution in [2.24, 2.45) is 0 Å². The summed E-state index contributed by atoms with van der Waals surface area (Å²) in [5, 5.41) is 3.72. The van der Waals surface area contributed by atoms with Gasteiger partial charge in [-0.2, -0.15) is 0 Å². The van der Waals surface area contributed by atoms with Crippen molar-refractivity contribution in [1.82, 2.24) is 10.3 Å². The molecule has 2 aromatic carbocycles. The van der Waals surface area contributed by atoms with Crippen molar-refractivity contribution in [3.63, 3.8) is 0 Å². The number of nitrogens with zero attached hydrogens (tertiary/aromatic N) is 1. The molecule has 26 heavy (non-hydrogen) atoms. The van der Waals surface area contributed by atoms with Gasteiger partial charge in [0.25, 0.3) is 5.91 Å². The first-order chi connectivity index (χ1) is 12.7. The first-order valence-corrected chi connectivity index (χ1v) is 8.95. The van der Waals surface area contributed by atoms with Crippen LogP contribution >= 0.6 is 0 Å². The molecule has 5 heteroatoms. The van der Waals surface area contributed by atoms with E-state index in [4.69, 9.17) is 0 Å². The molecule has 0 aliphatic carbocycles. The third-order valence-corrected chi connectivity index (χ3v) is 4.87. The molecule has 0 saturated heterocycles. The van der Waals surface area contributed by atoms with Crippen LogP contribution in [0.15, 0.2) is 59.4 Å². The number of carbonyl (C=O) groups excluding carboxylic acids is 1. The number of para-hydroxylation sites is 2. The Morgan fingerprint density at radius 2 is 1.92 bits per heavy atom. The van der Waals surface area contributed by atoms with E-state index < -0.39 is 0 Å². The number of aromatic nitrogens is 1. The third-order valence-electron chi connectivity index (χ3n) is 4.87. The molecule has 0 bridgehead atoms. The highest BCUT2D eigenvalue weighted by molar-refractivity contribution is 6.05. The molecule has 0 spiro atoms. The molecule has 4 rings (SSSR count). The molecule has 0 radical (unpaired) electrons. The Morgan fingerprint density at radius 1 is 1.12 bits per heavy atom. The third kappa shape index (κ3) is 3.20. The number of benzene rings is 2. The second kappa shape index (κ2) is 7.04. The predicted octanol–water partition coefficient (Wildman–Crippen LogP) is 2.71. The summed E-state index contributed by atoms with van der Waals surface area (Å²) in [4.78, 5) is 29.5. The lowest BCUT2D eigenvalue weighted by molar-refractivity contribution is 0.0956. The number of amides is 1. The van der Waals surface area contributed by atoms with Crippen LogP contribution in [0, 0.1) is 0 Å². The summed E-state index contributed by atoms with van der Waals surface area (Å²) in [6.07, 6.45) is 2.24. The normalized spacial score (nSPS) is 13.5. The summed E-state index contributed by atoms with van der Waals surface area (Å²) in [6.45, 7) is 2.29. The number of carbonyl (C=O) groups is 1. The monoisotopic (exact) mass is 347 g/mol. The highest BCUT2D eigenvalue weighted by Crippen LogP contribution is 2.26. The molecular weight excluding hydrogens is 326 g/mol. The van der Waals surface area contributed by atoms with E-state index >= 15 is 0 Å². The highest BCUT2D eigenvalue weighted by Gasteiger charge is 2.16. The number of H-pyrrole nitrogens is 1. The molecule has 0 fully saturated rings. The minimum absolute atomic E-state index is 0.211. The number of anilines is 1. The molecule has 0 atom stereocenters. The van der Waals surface area contributed by atoms with Crippen molar-refractivity contribution >= 4 is 22.5 Å². The second-order valence-electron chi connectivity index (χ2n) is 6.57.